The molecule has 0 saturated carbocycles. The minimum absolute atomic E-state index is 0.143. The summed E-state index contributed by atoms with van der Waals surface area (Å²) in [4.78, 5) is 13.6. The van der Waals surface area contributed by atoms with Crippen molar-refractivity contribution in [3.8, 4) is 39.9 Å². The maximum atomic E-state index is 12.0. The van der Waals surface area contributed by atoms with E-state index in [4.69, 9.17) is 19.3 Å². The Hall–Kier alpha value is -5.06. The number of benzene rings is 5. The molecule has 0 heterocycles. The van der Waals surface area contributed by atoms with Gasteiger partial charge in [-0.05, 0) is 96.4 Å². The first-order valence-electron chi connectivity index (χ1n) is 14.8. The zero-order chi connectivity index (χ0) is 32.7. The second kappa shape index (κ2) is 14.4. The normalized spacial score (nSPS) is 11.5. The van der Waals surface area contributed by atoms with Crippen LogP contribution in [0.25, 0.3) is 21.9 Å². The molecular weight excluding hydrogens is 606 g/mol. The lowest BCUT2D eigenvalue weighted by molar-refractivity contribution is 0.0696. The van der Waals surface area contributed by atoms with Crippen LogP contribution in [-0.2, 0) is 9.84 Å². The van der Waals surface area contributed by atoms with E-state index in [0.717, 1.165) is 28.4 Å². The van der Waals surface area contributed by atoms with Crippen molar-refractivity contribution < 1.29 is 37.6 Å². The average Bonchev–Trinajstić information content (AvgIpc) is 3.04. The van der Waals surface area contributed by atoms with Gasteiger partial charge in [0, 0.05) is 30.3 Å². The topological polar surface area (TPSA) is 123 Å². The molecule has 2 N–H and O–H groups in total. The molecule has 0 aliphatic carbocycles. The number of carboxylic acids is 1. The lowest BCUT2D eigenvalue weighted by Gasteiger charge is -2.20. The first kappa shape index (κ1) is 32.3. The van der Waals surface area contributed by atoms with Crippen LogP contribution in [0.5, 0.6) is 28.7 Å². The molecule has 238 valence electrons. The van der Waals surface area contributed by atoms with E-state index < -0.39 is 15.8 Å². The summed E-state index contributed by atoms with van der Waals surface area (Å²) in [5.41, 5.74) is 1.75. The predicted octanol–water partition coefficient (Wildman–Crippen LogP) is 6.89. The van der Waals surface area contributed by atoms with E-state index in [1.54, 1.807) is 54.6 Å². The average molecular weight is 642 g/mol. The highest BCUT2D eigenvalue weighted by Gasteiger charge is 2.15. The molecule has 5 aromatic rings. The number of aromatic hydroxyl groups is 1. The Morgan fingerprint density at radius 3 is 2.11 bits per heavy atom. The van der Waals surface area contributed by atoms with E-state index in [1.807, 2.05) is 36.4 Å². The number of carbonyl (C=O) groups is 1. The van der Waals surface area contributed by atoms with Gasteiger partial charge in [0.25, 0.3) is 0 Å². The van der Waals surface area contributed by atoms with Gasteiger partial charge in [0.05, 0.1) is 10.5 Å². The Bertz CT molecular complexity index is 1920. The van der Waals surface area contributed by atoms with Crippen LogP contribution in [0.4, 0.5) is 0 Å². The first-order chi connectivity index (χ1) is 22.1. The number of ether oxygens (including phenoxy) is 3. The number of hydrogen-bond donors (Lipinski definition) is 2. The van der Waals surface area contributed by atoms with Crippen LogP contribution in [0.1, 0.15) is 17.3 Å². The molecule has 0 saturated heterocycles. The van der Waals surface area contributed by atoms with Crippen molar-refractivity contribution in [2.45, 2.75) is 11.8 Å². The van der Waals surface area contributed by atoms with Crippen LogP contribution < -0.4 is 14.2 Å². The predicted molar refractivity (Wildman–Crippen MR) is 177 cm³/mol. The van der Waals surface area contributed by atoms with Gasteiger partial charge < -0.3 is 24.4 Å². The summed E-state index contributed by atoms with van der Waals surface area (Å²) in [6.45, 7) is 5.07. The molecule has 0 aliphatic heterocycles. The number of fused-ring (bicyclic) bond motifs is 1. The summed E-state index contributed by atoms with van der Waals surface area (Å²) in [5.74, 6) is 1.52. The highest BCUT2D eigenvalue weighted by Crippen LogP contribution is 2.41. The van der Waals surface area contributed by atoms with Crippen LogP contribution in [-0.4, -0.2) is 68.6 Å². The quantitative estimate of drug-likeness (QED) is 0.134. The minimum atomic E-state index is -3.33. The van der Waals surface area contributed by atoms with Crippen LogP contribution in [0.2, 0.25) is 0 Å². The molecule has 9 nitrogen and oxygen atoms in total. The third-order valence-corrected chi connectivity index (χ3v) is 8.60. The van der Waals surface area contributed by atoms with Gasteiger partial charge in [0.2, 0.25) is 0 Å². The van der Waals surface area contributed by atoms with Gasteiger partial charge >= 0.3 is 5.97 Å². The molecule has 0 spiro atoms. The molecule has 0 amide bonds. The second-order valence-corrected chi connectivity index (χ2v) is 12.7. The Kier molecular flexibility index (Phi) is 10.1. The van der Waals surface area contributed by atoms with Gasteiger partial charge in [-0.1, -0.05) is 31.2 Å². The van der Waals surface area contributed by atoms with E-state index in [2.05, 4.69) is 11.8 Å². The number of aromatic carboxylic acids is 1. The Labute approximate surface area is 268 Å². The van der Waals surface area contributed by atoms with E-state index in [9.17, 15) is 18.3 Å². The summed E-state index contributed by atoms with van der Waals surface area (Å²) in [5, 5.41) is 20.8. The fourth-order valence-corrected chi connectivity index (χ4v) is 5.59. The molecular formula is C36H35NO8S. The number of phenols is 1. The lowest BCUT2D eigenvalue weighted by Crippen LogP contribution is -2.32. The van der Waals surface area contributed by atoms with Gasteiger partial charge in [-0.25, -0.2) is 13.2 Å². The van der Waals surface area contributed by atoms with Crippen molar-refractivity contribution in [1.82, 2.24) is 4.90 Å². The molecule has 0 aromatic heterocycles. The van der Waals surface area contributed by atoms with Crippen LogP contribution in [0, 0.1) is 0 Å². The van der Waals surface area contributed by atoms with E-state index >= 15 is 0 Å². The van der Waals surface area contributed by atoms with Gasteiger partial charge in [-0.15, -0.1) is 0 Å². The van der Waals surface area contributed by atoms with Gasteiger partial charge in [0.15, 0.2) is 9.84 Å². The molecule has 0 bridgehead atoms. The number of hydrogen-bond acceptors (Lipinski definition) is 8. The van der Waals surface area contributed by atoms with Crippen molar-refractivity contribution in [1.29, 1.82) is 0 Å². The number of likely N-dealkylation sites (N-methyl/N-ethyl adjacent to an activating group) is 1. The molecule has 0 aliphatic rings. The minimum Gasteiger partial charge on any atom is -0.508 e. The van der Waals surface area contributed by atoms with Crippen molar-refractivity contribution in [2.24, 2.45) is 0 Å². The summed E-state index contributed by atoms with van der Waals surface area (Å²) in [6, 6.07) is 29.3. The summed E-state index contributed by atoms with van der Waals surface area (Å²) < 4.78 is 42.1. The highest BCUT2D eigenvalue weighted by molar-refractivity contribution is 7.90. The number of phenolic OH excluding ortho intramolecular Hbond substituents is 1. The SMILES string of the molecule is CCN(CCOc1ccc(Oc2c(-c3ccc(S(C)(=O)=O)cc3)ccc3cc(O)ccc23)cc1)CCOc1cccc(C(=O)O)c1. The highest BCUT2D eigenvalue weighted by atomic mass is 32.2. The van der Waals surface area contributed by atoms with E-state index in [1.165, 1.54) is 18.4 Å². The monoisotopic (exact) mass is 641 g/mol. The zero-order valence-corrected chi connectivity index (χ0v) is 26.4. The van der Waals surface area contributed by atoms with Gasteiger partial charge in [0.1, 0.15) is 42.0 Å². The Morgan fingerprint density at radius 2 is 1.46 bits per heavy atom. The molecule has 0 unspecified atom stereocenters. The van der Waals surface area contributed by atoms with Gasteiger partial charge in [-0.3, -0.25) is 4.90 Å². The standard InChI is InChI=1S/C36H35NO8S/c1-3-37(20-22-44-31-6-4-5-27(24-31)36(39)40)19-21-43-29-11-13-30(14-12-29)45-35-33(17-9-26-23-28(38)10-18-34(26)35)25-7-15-32(16-8-25)46(2,41)42/h4-18,23-24,38H,3,19-22H2,1-2H3,(H,39,40). The summed E-state index contributed by atoms with van der Waals surface area (Å²) in [6.07, 6.45) is 1.18. The fraction of sp³-hybridized carbons (Fsp3) is 0.194. The Balaban J connectivity index is 1.22. The van der Waals surface area contributed by atoms with E-state index in [0.29, 0.717) is 49.3 Å². The van der Waals surface area contributed by atoms with Crippen molar-refractivity contribution in [3.05, 3.63) is 109 Å². The maximum absolute atomic E-state index is 12.0. The van der Waals surface area contributed by atoms with Crippen LogP contribution >= 0.6 is 0 Å². The maximum Gasteiger partial charge on any atom is 0.335 e. The van der Waals surface area contributed by atoms with Crippen molar-refractivity contribution in [2.75, 3.05) is 39.1 Å². The molecule has 10 heteroatoms. The third kappa shape index (κ3) is 8.15. The number of nitrogens with zero attached hydrogens (tertiary/aromatic N) is 1. The molecule has 46 heavy (non-hydrogen) atoms. The molecule has 0 fully saturated rings. The number of rotatable bonds is 14. The molecule has 0 radical (unpaired) electrons. The first-order valence-corrected chi connectivity index (χ1v) is 16.7. The summed E-state index contributed by atoms with van der Waals surface area (Å²) in [7, 11) is -3.33. The lowest BCUT2D eigenvalue weighted by atomic mass is 9.99. The third-order valence-electron chi connectivity index (χ3n) is 7.47. The van der Waals surface area contributed by atoms with Crippen molar-refractivity contribution in [3.63, 3.8) is 0 Å². The summed E-state index contributed by atoms with van der Waals surface area (Å²) >= 11 is 0. The smallest absolute Gasteiger partial charge is 0.335 e. The number of sulfone groups is 1. The van der Waals surface area contributed by atoms with Crippen LogP contribution in [0.3, 0.4) is 0 Å². The second-order valence-electron chi connectivity index (χ2n) is 10.7. The Morgan fingerprint density at radius 1 is 0.783 bits per heavy atom. The fourth-order valence-electron chi connectivity index (χ4n) is 4.96. The molecule has 0 atom stereocenters. The number of carboxylic acid groups (broad SMARTS) is 1. The van der Waals surface area contributed by atoms with E-state index in [-0.39, 0.29) is 16.2 Å². The largest absolute Gasteiger partial charge is 0.508 e. The van der Waals surface area contributed by atoms with Crippen molar-refractivity contribution >= 4 is 26.6 Å². The zero-order valence-electron chi connectivity index (χ0n) is 25.5. The van der Waals surface area contributed by atoms with Gasteiger partial charge in [-0.2, -0.15) is 0 Å². The van der Waals surface area contributed by atoms with Crippen LogP contribution in [0.15, 0.2) is 108 Å². The molecule has 5 rings (SSSR count). The molecule has 5 aromatic carbocycles.